The molecule has 0 saturated carbocycles. The second-order valence-corrected chi connectivity index (χ2v) is 8.59. The molecule has 3 aliphatic rings. The molecule has 0 amide bonds. The molecule has 35 heavy (non-hydrogen) atoms. The van der Waals surface area contributed by atoms with Crippen LogP contribution in [0.15, 0.2) is 0 Å². The lowest BCUT2D eigenvalue weighted by Crippen LogP contribution is -2.65. The number of hydrogen-bond donors (Lipinski definition) is 10. The van der Waals surface area contributed by atoms with Crippen LogP contribution in [0.2, 0.25) is 0 Å². The normalized spacial score (nSPS) is 51.3. The first-order valence-electron chi connectivity index (χ1n) is 11.0. The standard InChI is InChI=1S/C19H34O16/c1-30-17-15(29)16(35-19-14(28)12(26)9(23)6(3-21)33-19)10(24)7(34-17)4-31-18-13(27)11(25)8(22)5(2-20)32-18/h5-29H,2-4H2,1H3/t5-,6-,7-,8-,9-,10-,11+,12+,13+,14+,15+,16+,17?,18+,19-/m1/s1. The van der Waals surface area contributed by atoms with E-state index in [2.05, 4.69) is 0 Å². The number of aliphatic hydroxyl groups is 10. The fourth-order valence-corrected chi connectivity index (χ4v) is 4.13. The van der Waals surface area contributed by atoms with E-state index in [1.807, 2.05) is 0 Å². The van der Waals surface area contributed by atoms with Gasteiger partial charge < -0.3 is 79.5 Å². The quantitative estimate of drug-likeness (QED) is 0.143. The fraction of sp³-hybridized carbons (Fsp3) is 1.00. The molecule has 0 bridgehead atoms. The Morgan fingerprint density at radius 1 is 0.543 bits per heavy atom. The van der Waals surface area contributed by atoms with E-state index >= 15 is 0 Å². The molecule has 10 N–H and O–H groups in total. The molecule has 3 fully saturated rings. The Labute approximate surface area is 199 Å². The molecular weight excluding hydrogens is 484 g/mol. The van der Waals surface area contributed by atoms with E-state index < -0.39 is 112 Å². The van der Waals surface area contributed by atoms with Crippen molar-refractivity contribution in [3.05, 3.63) is 0 Å². The van der Waals surface area contributed by atoms with Crippen molar-refractivity contribution in [1.29, 1.82) is 0 Å². The minimum Gasteiger partial charge on any atom is -0.394 e. The smallest absolute Gasteiger partial charge is 0.187 e. The zero-order chi connectivity index (χ0) is 26.0. The van der Waals surface area contributed by atoms with Gasteiger partial charge in [0.15, 0.2) is 18.9 Å². The highest BCUT2D eigenvalue weighted by atomic mass is 16.7. The van der Waals surface area contributed by atoms with Crippen LogP contribution in [0, 0.1) is 0 Å². The Balaban J connectivity index is 1.69. The van der Waals surface area contributed by atoms with Crippen LogP contribution in [0.25, 0.3) is 0 Å². The van der Waals surface area contributed by atoms with E-state index in [0.717, 1.165) is 0 Å². The van der Waals surface area contributed by atoms with Crippen LogP contribution in [0.4, 0.5) is 0 Å². The number of methoxy groups -OCH3 is 1. The van der Waals surface area contributed by atoms with Crippen molar-refractivity contribution in [3.8, 4) is 0 Å². The maximum absolute atomic E-state index is 10.8. The van der Waals surface area contributed by atoms with Crippen molar-refractivity contribution in [1.82, 2.24) is 0 Å². The van der Waals surface area contributed by atoms with Gasteiger partial charge in [-0.25, -0.2) is 0 Å². The molecule has 3 heterocycles. The molecule has 0 aromatic heterocycles. The Hall–Kier alpha value is -0.640. The van der Waals surface area contributed by atoms with Crippen molar-refractivity contribution in [2.75, 3.05) is 26.9 Å². The lowest BCUT2D eigenvalue weighted by Gasteiger charge is -2.46. The maximum atomic E-state index is 10.8. The topological polar surface area (TPSA) is 258 Å². The first kappa shape index (κ1) is 28.9. The van der Waals surface area contributed by atoms with Gasteiger partial charge in [-0.15, -0.1) is 0 Å². The van der Waals surface area contributed by atoms with Gasteiger partial charge in [-0.05, 0) is 0 Å². The first-order chi connectivity index (χ1) is 16.5. The zero-order valence-corrected chi connectivity index (χ0v) is 18.7. The van der Waals surface area contributed by atoms with Crippen molar-refractivity contribution < 1.29 is 79.5 Å². The molecule has 3 aliphatic heterocycles. The van der Waals surface area contributed by atoms with Crippen LogP contribution in [0.1, 0.15) is 0 Å². The Kier molecular flexibility index (Phi) is 10.1. The third-order valence-corrected chi connectivity index (χ3v) is 6.29. The summed E-state index contributed by atoms with van der Waals surface area (Å²) in [6.45, 7) is -1.93. The van der Waals surface area contributed by atoms with Gasteiger partial charge in [-0.2, -0.15) is 0 Å². The highest BCUT2D eigenvalue weighted by molar-refractivity contribution is 4.95. The summed E-state index contributed by atoms with van der Waals surface area (Å²) in [6, 6.07) is 0. The number of aliphatic hydroxyl groups excluding tert-OH is 10. The van der Waals surface area contributed by atoms with Crippen molar-refractivity contribution in [2.45, 2.75) is 92.1 Å². The summed E-state index contributed by atoms with van der Waals surface area (Å²) in [4.78, 5) is 0. The summed E-state index contributed by atoms with van der Waals surface area (Å²) in [5, 5.41) is 99.9. The summed E-state index contributed by atoms with van der Waals surface area (Å²) in [7, 11) is 1.19. The van der Waals surface area contributed by atoms with Crippen LogP contribution >= 0.6 is 0 Å². The van der Waals surface area contributed by atoms with Gasteiger partial charge in [0, 0.05) is 7.11 Å². The van der Waals surface area contributed by atoms with Gasteiger partial charge >= 0.3 is 0 Å². The molecule has 3 rings (SSSR count). The molecule has 16 nitrogen and oxygen atoms in total. The largest absolute Gasteiger partial charge is 0.394 e. The number of rotatable bonds is 8. The second-order valence-electron chi connectivity index (χ2n) is 8.59. The highest BCUT2D eigenvalue weighted by Crippen LogP contribution is 2.30. The molecule has 0 aliphatic carbocycles. The van der Waals surface area contributed by atoms with Gasteiger partial charge in [0.25, 0.3) is 0 Å². The predicted octanol–water partition coefficient (Wildman–Crippen LogP) is -6.92. The molecular formula is C19H34O16. The minimum atomic E-state index is -1.81. The van der Waals surface area contributed by atoms with E-state index in [0.29, 0.717) is 0 Å². The minimum absolute atomic E-state index is 0.523. The summed E-state index contributed by atoms with van der Waals surface area (Å²) in [6.07, 6.45) is -23.5. The lowest BCUT2D eigenvalue weighted by molar-refractivity contribution is -0.364. The maximum Gasteiger partial charge on any atom is 0.187 e. The Bertz CT molecular complexity index is 652. The molecule has 206 valence electrons. The molecule has 3 saturated heterocycles. The third kappa shape index (κ3) is 5.93. The molecule has 16 heteroatoms. The van der Waals surface area contributed by atoms with Gasteiger partial charge in [0.05, 0.1) is 19.8 Å². The van der Waals surface area contributed by atoms with Crippen LogP contribution in [0.5, 0.6) is 0 Å². The number of ether oxygens (including phenoxy) is 6. The Morgan fingerprint density at radius 2 is 1.03 bits per heavy atom. The van der Waals surface area contributed by atoms with Gasteiger partial charge in [-0.3, -0.25) is 0 Å². The SMILES string of the molecule is COC1O[C@H](CO[C@H]2O[C@H](CO)[C@@H](O)[C@H](O)[C@@H]2O)[C@@H](O)[C@H](O[C@H]2O[C@H](CO)[C@@H](O)[C@H](O)[C@@H]2O)[C@@H]1O. The molecule has 0 aromatic rings. The molecule has 15 atom stereocenters. The van der Waals surface area contributed by atoms with Crippen LogP contribution in [-0.4, -0.2) is 170 Å². The number of hydrogen-bond acceptors (Lipinski definition) is 16. The average Bonchev–Trinajstić information content (AvgIpc) is 2.85. The molecule has 0 radical (unpaired) electrons. The Morgan fingerprint density at radius 3 is 1.54 bits per heavy atom. The van der Waals surface area contributed by atoms with E-state index in [1.54, 1.807) is 0 Å². The van der Waals surface area contributed by atoms with Crippen LogP contribution < -0.4 is 0 Å². The summed E-state index contributed by atoms with van der Waals surface area (Å²) >= 11 is 0. The van der Waals surface area contributed by atoms with Crippen LogP contribution in [-0.2, 0) is 28.4 Å². The van der Waals surface area contributed by atoms with Crippen molar-refractivity contribution >= 4 is 0 Å². The zero-order valence-electron chi connectivity index (χ0n) is 18.7. The van der Waals surface area contributed by atoms with E-state index in [1.165, 1.54) is 7.11 Å². The summed E-state index contributed by atoms with van der Waals surface area (Å²) in [5.74, 6) is 0. The van der Waals surface area contributed by atoms with Crippen LogP contribution in [0.3, 0.4) is 0 Å². The first-order valence-corrected chi connectivity index (χ1v) is 11.0. The summed E-state index contributed by atoms with van der Waals surface area (Å²) in [5.41, 5.74) is 0. The molecule has 0 aromatic carbocycles. The van der Waals surface area contributed by atoms with E-state index in [-0.39, 0.29) is 0 Å². The molecule has 0 spiro atoms. The van der Waals surface area contributed by atoms with E-state index in [4.69, 9.17) is 28.4 Å². The lowest BCUT2D eigenvalue weighted by atomic mass is 9.97. The van der Waals surface area contributed by atoms with Gasteiger partial charge in [-0.1, -0.05) is 0 Å². The van der Waals surface area contributed by atoms with Crippen molar-refractivity contribution in [2.24, 2.45) is 0 Å². The molecule has 1 unspecified atom stereocenters. The fourth-order valence-electron chi connectivity index (χ4n) is 4.13. The van der Waals surface area contributed by atoms with Gasteiger partial charge in [0.2, 0.25) is 0 Å². The highest BCUT2D eigenvalue weighted by Gasteiger charge is 2.51. The predicted molar refractivity (Wildman–Crippen MR) is 106 cm³/mol. The monoisotopic (exact) mass is 518 g/mol. The second kappa shape index (κ2) is 12.3. The average molecular weight is 518 g/mol. The van der Waals surface area contributed by atoms with Gasteiger partial charge in [0.1, 0.15) is 73.2 Å². The third-order valence-electron chi connectivity index (χ3n) is 6.29. The summed E-state index contributed by atoms with van der Waals surface area (Å²) < 4.78 is 31.9. The van der Waals surface area contributed by atoms with Crippen molar-refractivity contribution in [3.63, 3.8) is 0 Å². The van der Waals surface area contributed by atoms with E-state index in [9.17, 15) is 51.1 Å².